The number of amides is 1. The van der Waals surface area contributed by atoms with Crippen molar-refractivity contribution in [1.82, 2.24) is 4.90 Å². The summed E-state index contributed by atoms with van der Waals surface area (Å²) in [6.07, 6.45) is 0. The lowest BCUT2D eigenvalue weighted by atomic mass is 10.3. The van der Waals surface area contributed by atoms with Crippen molar-refractivity contribution in [2.45, 2.75) is 26.8 Å². The van der Waals surface area contributed by atoms with Gasteiger partial charge in [-0.25, -0.2) is 0 Å². The van der Waals surface area contributed by atoms with Crippen LogP contribution < -0.4 is 0 Å². The number of carbonyl (C=O) groups is 2. The Bertz CT molecular complexity index is 206. The number of hydrogen-bond donors (Lipinski definition) is 0. The summed E-state index contributed by atoms with van der Waals surface area (Å²) < 4.78 is 4.74. The molecule has 0 heterocycles. The van der Waals surface area contributed by atoms with Crippen molar-refractivity contribution in [3.05, 3.63) is 0 Å². The number of carbonyl (C=O) groups excluding carboxylic acids is 2. The highest BCUT2D eigenvalue weighted by molar-refractivity contribution is 6.27. The van der Waals surface area contributed by atoms with Gasteiger partial charge in [0.2, 0.25) is 5.91 Å². The molecule has 0 aromatic heterocycles. The molecule has 5 heteroatoms. The largest absolute Gasteiger partial charge is 0.465 e. The molecule has 1 amide bonds. The molecule has 4 nitrogen and oxygen atoms in total. The molecule has 0 unspecified atom stereocenters. The molecule has 82 valence electrons. The minimum absolute atomic E-state index is 0.0307. The van der Waals surface area contributed by atoms with Crippen LogP contribution in [0.4, 0.5) is 0 Å². The number of esters is 1. The van der Waals surface area contributed by atoms with Gasteiger partial charge in [-0.1, -0.05) is 0 Å². The molecule has 0 aliphatic carbocycles. The Hall–Kier alpha value is -0.770. The van der Waals surface area contributed by atoms with E-state index in [4.69, 9.17) is 16.3 Å². The third-order valence-corrected chi connectivity index (χ3v) is 1.89. The first-order chi connectivity index (χ1) is 6.52. The first-order valence-corrected chi connectivity index (χ1v) is 5.07. The zero-order chi connectivity index (χ0) is 11.1. The molecule has 0 saturated carbocycles. The van der Waals surface area contributed by atoms with E-state index in [1.54, 1.807) is 6.92 Å². The number of halogens is 1. The molecule has 0 rings (SSSR count). The molecular weight excluding hydrogens is 206 g/mol. The van der Waals surface area contributed by atoms with E-state index in [1.807, 2.05) is 13.8 Å². The van der Waals surface area contributed by atoms with Crippen molar-refractivity contribution in [3.8, 4) is 0 Å². The summed E-state index contributed by atoms with van der Waals surface area (Å²) in [5, 5.41) is 0. The van der Waals surface area contributed by atoms with Crippen LogP contribution >= 0.6 is 11.6 Å². The summed E-state index contributed by atoms with van der Waals surface area (Å²) in [7, 11) is 0. The number of alkyl halides is 1. The van der Waals surface area contributed by atoms with E-state index in [0.29, 0.717) is 6.61 Å². The van der Waals surface area contributed by atoms with Crippen LogP contribution in [-0.2, 0) is 14.3 Å². The van der Waals surface area contributed by atoms with Crippen molar-refractivity contribution < 1.29 is 14.3 Å². The van der Waals surface area contributed by atoms with Crippen molar-refractivity contribution in [2.75, 3.05) is 19.0 Å². The molecule has 0 aliphatic rings. The monoisotopic (exact) mass is 221 g/mol. The molecule has 0 spiro atoms. The molecular formula is C9H16ClNO3. The van der Waals surface area contributed by atoms with Gasteiger partial charge in [0, 0.05) is 6.04 Å². The van der Waals surface area contributed by atoms with Crippen LogP contribution in [0.15, 0.2) is 0 Å². The van der Waals surface area contributed by atoms with Crippen LogP contribution in [0.2, 0.25) is 0 Å². The highest BCUT2D eigenvalue weighted by Gasteiger charge is 2.19. The second-order valence-electron chi connectivity index (χ2n) is 3.05. The predicted octanol–water partition coefficient (Wildman–Crippen LogP) is 1.03. The Kier molecular flexibility index (Phi) is 6.28. The van der Waals surface area contributed by atoms with E-state index >= 15 is 0 Å². The molecule has 0 radical (unpaired) electrons. The van der Waals surface area contributed by atoms with E-state index in [2.05, 4.69) is 0 Å². The fourth-order valence-electron chi connectivity index (χ4n) is 0.981. The Balaban J connectivity index is 4.23. The van der Waals surface area contributed by atoms with Gasteiger partial charge in [-0.15, -0.1) is 11.6 Å². The van der Waals surface area contributed by atoms with E-state index < -0.39 is 5.97 Å². The molecule has 0 atom stereocenters. The number of ether oxygens (including phenoxy) is 1. The second kappa shape index (κ2) is 6.65. The summed E-state index contributed by atoms with van der Waals surface area (Å²) in [6.45, 7) is 5.66. The molecule has 0 aromatic carbocycles. The lowest BCUT2D eigenvalue weighted by molar-refractivity contribution is -0.149. The molecule has 0 bridgehead atoms. The third kappa shape index (κ3) is 4.46. The van der Waals surface area contributed by atoms with Crippen molar-refractivity contribution in [2.24, 2.45) is 0 Å². The van der Waals surface area contributed by atoms with Gasteiger partial charge in [0.25, 0.3) is 0 Å². The molecule has 0 fully saturated rings. The van der Waals surface area contributed by atoms with Crippen molar-refractivity contribution in [1.29, 1.82) is 0 Å². The van der Waals surface area contributed by atoms with Gasteiger partial charge in [0.1, 0.15) is 12.4 Å². The maximum atomic E-state index is 11.3. The number of nitrogens with zero attached hydrogens (tertiary/aromatic N) is 1. The van der Waals surface area contributed by atoms with E-state index in [-0.39, 0.29) is 24.4 Å². The first kappa shape index (κ1) is 13.2. The van der Waals surface area contributed by atoms with Crippen LogP contribution in [0, 0.1) is 0 Å². The minimum Gasteiger partial charge on any atom is -0.465 e. The van der Waals surface area contributed by atoms with Crippen LogP contribution in [0.25, 0.3) is 0 Å². The minimum atomic E-state index is -0.403. The van der Waals surface area contributed by atoms with E-state index in [9.17, 15) is 9.59 Å². The lowest BCUT2D eigenvalue weighted by Crippen LogP contribution is -2.41. The molecule has 0 aliphatic heterocycles. The Labute approximate surface area is 89.2 Å². The van der Waals surface area contributed by atoms with Gasteiger partial charge in [0.15, 0.2) is 0 Å². The molecule has 0 N–H and O–H groups in total. The van der Waals surface area contributed by atoms with Crippen molar-refractivity contribution in [3.63, 3.8) is 0 Å². The van der Waals surface area contributed by atoms with Crippen LogP contribution in [0.3, 0.4) is 0 Å². The topological polar surface area (TPSA) is 46.6 Å². The smallest absolute Gasteiger partial charge is 0.325 e. The summed E-state index contributed by atoms with van der Waals surface area (Å²) >= 11 is 5.41. The van der Waals surface area contributed by atoms with Gasteiger partial charge in [-0.3, -0.25) is 9.59 Å². The quantitative estimate of drug-likeness (QED) is 0.515. The fourth-order valence-corrected chi connectivity index (χ4v) is 1.13. The zero-order valence-corrected chi connectivity index (χ0v) is 9.50. The van der Waals surface area contributed by atoms with Gasteiger partial charge >= 0.3 is 5.97 Å². The highest BCUT2D eigenvalue weighted by atomic mass is 35.5. The molecule has 0 saturated heterocycles. The Morgan fingerprint density at radius 1 is 1.43 bits per heavy atom. The van der Waals surface area contributed by atoms with Gasteiger partial charge in [-0.2, -0.15) is 0 Å². The fraction of sp³-hybridized carbons (Fsp3) is 0.778. The predicted molar refractivity (Wildman–Crippen MR) is 54.2 cm³/mol. The lowest BCUT2D eigenvalue weighted by Gasteiger charge is -2.24. The Morgan fingerprint density at radius 2 is 2.00 bits per heavy atom. The van der Waals surface area contributed by atoms with Gasteiger partial charge < -0.3 is 9.64 Å². The van der Waals surface area contributed by atoms with Crippen LogP contribution in [0.5, 0.6) is 0 Å². The van der Waals surface area contributed by atoms with Crippen LogP contribution in [0.1, 0.15) is 20.8 Å². The van der Waals surface area contributed by atoms with E-state index in [0.717, 1.165) is 0 Å². The summed E-state index contributed by atoms with van der Waals surface area (Å²) in [5.41, 5.74) is 0. The maximum absolute atomic E-state index is 11.3. The highest BCUT2D eigenvalue weighted by Crippen LogP contribution is 2.00. The van der Waals surface area contributed by atoms with Crippen LogP contribution in [-0.4, -0.2) is 41.8 Å². The SMILES string of the molecule is CCOC(=O)CN(C(=O)CCl)C(C)C. The molecule has 14 heavy (non-hydrogen) atoms. The summed E-state index contributed by atoms with van der Waals surface area (Å²) in [5.74, 6) is -0.771. The first-order valence-electron chi connectivity index (χ1n) is 4.54. The molecule has 0 aromatic rings. The maximum Gasteiger partial charge on any atom is 0.325 e. The average Bonchev–Trinajstić information content (AvgIpc) is 2.13. The van der Waals surface area contributed by atoms with Gasteiger partial charge in [-0.05, 0) is 20.8 Å². The Morgan fingerprint density at radius 3 is 2.36 bits per heavy atom. The number of rotatable bonds is 5. The van der Waals surface area contributed by atoms with Gasteiger partial charge in [0.05, 0.1) is 6.61 Å². The van der Waals surface area contributed by atoms with Crippen molar-refractivity contribution >= 4 is 23.5 Å². The standard InChI is InChI=1S/C9H16ClNO3/c1-4-14-9(13)6-11(7(2)3)8(12)5-10/h7H,4-6H2,1-3H3. The number of hydrogen-bond acceptors (Lipinski definition) is 3. The normalized spacial score (nSPS) is 10.1. The summed E-state index contributed by atoms with van der Waals surface area (Å²) in [4.78, 5) is 23.8. The average molecular weight is 222 g/mol. The summed E-state index contributed by atoms with van der Waals surface area (Å²) in [6, 6.07) is -0.0503. The zero-order valence-electron chi connectivity index (χ0n) is 8.75. The van der Waals surface area contributed by atoms with E-state index in [1.165, 1.54) is 4.90 Å². The third-order valence-electron chi connectivity index (χ3n) is 1.66. The second-order valence-corrected chi connectivity index (χ2v) is 3.32.